The molecule has 0 unspecified atom stereocenters. The summed E-state index contributed by atoms with van der Waals surface area (Å²) in [6, 6.07) is 14.6. The maximum atomic E-state index is 10.7. The van der Waals surface area contributed by atoms with Crippen molar-refractivity contribution in [2.45, 2.75) is 19.4 Å². The lowest BCUT2D eigenvalue weighted by atomic mass is 10.1. The zero-order chi connectivity index (χ0) is 21.3. The van der Waals surface area contributed by atoms with Crippen molar-refractivity contribution in [3.63, 3.8) is 0 Å². The van der Waals surface area contributed by atoms with Crippen LogP contribution in [0.25, 0.3) is 16.7 Å². The minimum Gasteiger partial charge on any atom is -0.741 e. The lowest BCUT2D eigenvalue weighted by Crippen LogP contribution is -2.26. The fourth-order valence-electron chi connectivity index (χ4n) is 2.78. The Labute approximate surface area is 159 Å². The molecule has 0 spiro atoms. The van der Waals surface area contributed by atoms with Gasteiger partial charge in [-0.3, -0.25) is 0 Å². The highest BCUT2D eigenvalue weighted by molar-refractivity contribution is 7.86. The van der Waals surface area contributed by atoms with Gasteiger partial charge in [0.15, 0.2) is 21.2 Å². The van der Waals surface area contributed by atoms with E-state index in [1.54, 1.807) is 0 Å². The van der Waals surface area contributed by atoms with Crippen LogP contribution < -0.4 is 4.57 Å². The maximum Gasteiger partial charge on any atom is 0.485 e. The van der Waals surface area contributed by atoms with E-state index >= 15 is 0 Å². The number of aromatic nitrogens is 2. The summed E-state index contributed by atoms with van der Waals surface area (Å²) in [5.74, 6) is 0. The van der Waals surface area contributed by atoms with Gasteiger partial charge in [-0.15, -0.1) is 0 Å². The van der Waals surface area contributed by atoms with E-state index in [1.165, 1.54) is 11.1 Å². The van der Waals surface area contributed by atoms with Crippen LogP contribution in [0.5, 0.6) is 0 Å². The molecule has 0 N–H and O–H groups in total. The standard InChI is InChI=1S/C17H16N3.CHF3O3S/c1-12-7-13(2)9-15(8-12)20-11-19(3)17-14(10-18)5-4-6-16(17)20;2-1(3,4)8(5,6)7/h4-9,11H,1-3H3;(H,5,6,7)/q+1;/p-1. The number of aryl methyl sites for hydroxylation is 3. The van der Waals surface area contributed by atoms with Crippen molar-refractivity contribution in [1.29, 1.82) is 5.26 Å². The van der Waals surface area contributed by atoms with Crippen LogP contribution in [-0.2, 0) is 17.2 Å². The van der Waals surface area contributed by atoms with E-state index in [1.807, 2.05) is 36.1 Å². The van der Waals surface area contributed by atoms with Gasteiger partial charge in [0, 0.05) is 0 Å². The van der Waals surface area contributed by atoms with Crippen molar-refractivity contribution in [3.05, 3.63) is 59.4 Å². The molecule has 3 aromatic rings. The minimum atomic E-state index is -6.09. The zero-order valence-electron chi connectivity index (χ0n) is 15.1. The average Bonchev–Trinajstić information content (AvgIpc) is 2.90. The third-order valence-electron chi connectivity index (χ3n) is 3.80. The Kier molecular flexibility index (Phi) is 5.82. The maximum absolute atomic E-state index is 10.7. The second-order valence-electron chi connectivity index (χ2n) is 6.13. The minimum absolute atomic E-state index is 0.702. The van der Waals surface area contributed by atoms with E-state index in [9.17, 15) is 18.4 Å². The molecule has 0 aliphatic rings. The number of halogens is 3. The molecule has 0 fully saturated rings. The monoisotopic (exact) mass is 411 g/mol. The van der Waals surface area contributed by atoms with E-state index in [0.717, 1.165) is 16.7 Å². The number of fused-ring (bicyclic) bond motifs is 1. The average molecular weight is 411 g/mol. The van der Waals surface area contributed by atoms with E-state index < -0.39 is 15.6 Å². The van der Waals surface area contributed by atoms with Crippen LogP contribution >= 0.6 is 0 Å². The molecular weight excluding hydrogens is 395 g/mol. The lowest BCUT2D eigenvalue weighted by molar-refractivity contribution is -0.645. The first-order valence-corrected chi connectivity index (χ1v) is 9.26. The van der Waals surface area contributed by atoms with Gasteiger partial charge in [-0.05, 0) is 49.2 Å². The number of imidazole rings is 1. The molecule has 0 atom stereocenters. The highest BCUT2D eigenvalue weighted by atomic mass is 32.2. The lowest BCUT2D eigenvalue weighted by Gasteiger charge is -2.08. The molecule has 148 valence electrons. The topological polar surface area (TPSA) is 89.8 Å². The fraction of sp³-hybridized carbons (Fsp3) is 0.222. The first-order valence-electron chi connectivity index (χ1n) is 7.86. The molecule has 0 amide bonds. The zero-order valence-corrected chi connectivity index (χ0v) is 16.0. The summed E-state index contributed by atoms with van der Waals surface area (Å²) in [5, 5.41) is 9.26. The third-order valence-corrected chi connectivity index (χ3v) is 4.37. The van der Waals surface area contributed by atoms with Gasteiger partial charge in [-0.1, -0.05) is 12.1 Å². The molecule has 3 rings (SSSR count). The van der Waals surface area contributed by atoms with Gasteiger partial charge in [0.2, 0.25) is 6.33 Å². The SMILES string of the molecule is Cc1cc(C)cc(-n2c[n+](C)c3c(C#N)cccc32)c1.O=S(=O)([O-])C(F)(F)F. The Morgan fingerprint density at radius 3 is 2.14 bits per heavy atom. The molecule has 10 heteroatoms. The summed E-state index contributed by atoms with van der Waals surface area (Å²) in [4.78, 5) is 0. The van der Waals surface area contributed by atoms with E-state index in [-0.39, 0.29) is 0 Å². The number of alkyl halides is 3. The molecule has 0 radical (unpaired) electrons. The van der Waals surface area contributed by atoms with Crippen LogP contribution in [0.2, 0.25) is 0 Å². The number of rotatable bonds is 1. The number of hydrogen-bond acceptors (Lipinski definition) is 4. The van der Waals surface area contributed by atoms with Gasteiger partial charge in [0.05, 0.1) is 7.05 Å². The van der Waals surface area contributed by atoms with Crippen LogP contribution in [-0.4, -0.2) is 23.0 Å². The summed E-state index contributed by atoms with van der Waals surface area (Å²) in [6.45, 7) is 4.20. The number of nitrogens with zero attached hydrogens (tertiary/aromatic N) is 3. The summed E-state index contributed by atoms with van der Waals surface area (Å²) in [6.07, 6.45) is 2.03. The van der Waals surface area contributed by atoms with Crippen LogP contribution in [0.4, 0.5) is 13.2 Å². The number of benzene rings is 2. The Morgan fingerprint density at radius 1 is 1.14 bits per heavy atom. The van der Waals surface area contributed by atoms with Crippen molar-refractivity contribution in [3.8, 4) is 11.8 Å². The van der Waals surface area contributed by atoms with E-state index in [2.05, 4.69) is 42.7 Å². The predicted octanol–water partition coefficient (Wildman–Crippen LogP) is 2.99. The highest BCUT2D eigenvalue weighted by Crippen LogP contribution is 2.21. The molecule has 0 aliphatic heterocycles. The smallest absolute Gasteiger partial charge is 0.485 e. The van der Waals surface area contributed by atoms with E-state index in [0.29, 0.717) is 5.56 Å². The van der Waals surface area contributed by atoms with Gasteiger partial charge < -0.3 is 4.55 Å². The van der Waals surface area contributed by atoms with Crippen LogP contribution in [0.15, 0.2) is 42.7 Å². The van der Waals surface area contributed by atoms with Gasteiger partial charge in [0.1, 0.15) is 17.3 Å². The molecule has 0 bridgehead atoms. The molecular formula is C18H16F3N3O3S. The molecule has 6 nitrogen and oxygen atoms in total. The summed E-state index contributed by atoms with van der Waals surface area (Å²) < 4.78 is 63.0. The quantitative estimate of drug-likeness (QED) is 0.350. The Morgan fingerprint density at radius 2 is 1.68 bits per heavy atom. The van der Waals surface area contributed by atoms with E-state index in [4.69, 9.17) is 13.0 Å². The molecule has 0 aliphatic carbocycles. The van der Waals surface area contributed by atoms with Crippen molar-refractivity contribution >= 4 is 21.2 Å². The van der Waals surface area contributed by atoms with Crippen molar-refractivity contribution in [1.82, 2.24) is 4.57 Å². The summed E-state index contributed by atoms with van der Waals surface area (Å²) in [7, 11) is -4.12. The molecule has 28 heavy (non-hydrogen) atoms. The van der Waals surface area contributed by atoms with Crippen molar-refractivity contribution in [2.75, 3.05) is 0 Å². The summed E-state index contributed by atoms with van der Waals surface area (Å²) in [5.41, 5.74) is 0.677. The number of hydrogen-bond donors (Lipinski definition) is 0. The van der Waals surface area contributed by atoms with Gasteiger partial charge in [-0.2, -0.15) is 23.0 Å². The molecule has 2 aromatic carbocycles. The molecule has 0 saturated heterocycles. The second kappa shape index (κ2) is 7.61. The Bertz CT molecular complexity index is 1160. The Balaban J connectivity index is 0.000000300. The van der Waals surface area contributed by atoms with Crippen molar-refractivity contribution < 1.29 is 30.7 Å². The van der Waals surface area contributed by atoms with Gasteiger partial charge in [0.25, 0.3) is 0 Å². The first-order chi connectivity index (χ1) is 12.8. The molecule has 1 heterocycles. The Hall–Kier alpha value is -2.90. The van der Waals surface area contributed by atoms with Gasteiger partial charge >= 0.3 is 5.51 Å². The van der Waals surface area contributed by atoms with Gasteiger partial charge in [-0.25, -0.2) is 13.0 Å². The molecule has 0 saturated carbocycles. The largest absolute Gasteiger partial charge is 0.741 e. The van der Waals surface area contributed by atoms with Crippen LogP contribution in [0, 0.1) is 25.2 Å². The summed E-state index contributed by atoms with van der Waals surface area (Å²) >= 11 is 0. The molecule has 1 aromatic heterocycles. The predicted molar refractivity (Wildman–Crippen MR) is 94.4 cm³/mol. The number of nitriles is 1. The van der Waals surface area contributed by atoms with Crippen molar-refractivity contribution in [2.24, 2.45) is 7.05 Å². The number of para-hydroxylation sites is 1. The third kappa shape index (κ3) is 4.49. The second-order valence-corrected chi connectivity index (χ2v) is 7.50. The fourth-order valence-corrected chi connectivity index (χ4v) is 2.78. The van der Waals surface area contributed by atoms with Crippen LogP contribution in [0.3, 0.4) is 0 Å². The highest BCUT2D eigenvalue weighted by Gasteiger charge is 2.36. The first kappa shape index (κ1) is 21.4. The normalized spacial score (nSPS) is 11.6. The van der Waals surface area contributed by atoms with Crippen LogP contribution in [0.1, 0.15) is 16.7 Å².